The van der Waals surface area contributed by atoms with Crippen LogP contribution in [0.4, 0.5) is 4.79 Å². The van der Waals surface area contributed by atoms with E-state index in [4.69, 9.17) is 4.74 Å². The zero-order chi connectivity index (χ0) is 26.3. The van der Waals surface area contributed by atoms with Crippen molar-refractivity contribution in [1.29, 1.82) is 0 Å². The van der Waals surface area contributed by atoms with Gasteiger partial charge in [-0.15, -0.1) is 0 Å². The van der Waals surface area contributed by atoms with Crippen LogP contribution in [-0.2, 0) is 30.9 Å². The molecule has 1 unspecified atom stereocenters. The molecular formula is C30H29NO5Se. The molecule has 0 saturated carbocycles. The van der Waals surface area contributed by atoms with E-state index in [0.29, 0.717) is 23.1 Å². The first-order valence-electron chi connectivity index (χ1n) is 12.0. The Morgan fingerprint density at radius 2 is 1.43 bits per heavy atom. The van der Waals surface area contributed by atoms with Gasteiger partial charge in [-0.2, -0.15) is 0 Å². The summed E-state index contributed by atoms with van der Waals surface area (Å²) in [4.78, 5) is 40.4. The number of nitrogens with zero attached hydrogens (tertiary/aromatic N) is 1. The first-order valence-corrected chi connectivity index (χ1v) is 14.4. The van der Waals surface area contributed by atoms with E-state index in [1.165, 1.54) is 5.56 Å². The van der Waals surface area contributed by atoms with Crippen LogP contribution in [0.3, 0.4) is 0 Å². The number of carbonyl (C=O) groups is 3. The maximum atomic E-state index is 14.2. The van der Waals surface area contributed by atoms with Crippen molar-refractivity contribution in [3.05, 3.63) is 113 Å². The Labute approximate surface area is 223 Å². The van der Waals surface area contributed by atoms with E-state index in [1.54, 1.807) is 4.90 Å². The second-order valence-electron chi connectivity index (χ2n) is 8.99. The predicted octanol–water partition coefficient (Wildman–Crippen LogP) is 5.47. The Morgan fingerprint density at radius 1 is 0.865 bits per heavy atom. The van der Waals surface area contributed by atoms with E-state index >= 15 is 0 Å². The molecule has 0 aliphatic carbocycles. The number of carbonyl (C=O) groups excluding carboxylic acids is 3. The normalized spacial score (nSPS) is 17.1. The minimum atomic E-state index is -1.06. The molecule has 0 N–H and O–H groups in total. The number of rotatable bonds is 9. The molecule has 37 heavy (non-hydrogen) atoms. The second-order valence-corrected chi connectivity index (χ2v) is 11.1. The van der Waals surface area contributed by atoms with Gasteiger partial charge >= 0.3 is 224 Å². The molecular weight excluding hydrogens is 533 g/mol. The third kappa shape index (κ3) is 6.19. The molecule has 0 aromatic heterocycles. The summed E-state index contributed by atoms with van der Waals surface area (Å²) < 4.78 is 9.35. The second kappa shape index (κ2) is 12.0. The summed E-state index contributed by atoms with van der Waals surface area (Å²) in [7, 11) is 1.15. The van der Waals surface area contributed by atoms with Crippen LogP contribution in [-0.4, -0.2) is 45.0 Å². The topological polar surface area (TPSA) is 72.9 Å². The number of ether oxygens (including phenoxy) is 2. The summed E-state index contributed by atoms with van der Waals surface area (Å²) in [6, 6.07) is 29.6. The first-order chi connectivity index (χ1) is 17.9. The van der Waals surface area contributed by atoms with Crippen LogP contribution in [0.1, 0.15) is 30.0 Å². The maximum absolute atomic E-state index is 14.2. The minimum absolute atomic E-state index is 0.0500. The molecule has 0 bridgehead atoms. The molecule has 3 aromatic carbocycles. The first kappa shape index (κ1) is 26.4. The quantitative estimate of drug-likeness (QED) is 0.197. The fourth-order valence-corrected chi connectivity index (χ4v) is 7.08. The molecule has 0 spiro atoms. The van der Waals surface area contributed by atoms with E-state index in [0.717, 1.165) is 23.6 Å². The van der Waals surface area contributed by atoms with Crippen LogP contribution in [0.15, 0.2) is 96.6 Å². The number of benzene rings is 3. The summed E-state index contributed by atoms with van der Waals surface area (Å²) in [6.45, 7) is 2.29. The zero-order valence-corrected chi connectivity index (χ0v) is 22.6. The fraction of sp³-hybridized carbons (Fsp3) is 0.233. The number of hydrogen-bond donors (Lipinski definition) is 0. The average molecular weight is 563 g/mol. The predicted molar refractivity (Wildman–Crippen MR) is 142 cm³/mol. The molecule has 1 amide bonds. The Bertz CT molecular complexity index is 1280. The van der Waals surface area contributed by atoms with Crippen molar-refractivity contribution in [2.45, 2.75) is 30.5 Å². The van der Waals surface area contributed by atoms with Crippen molar-refractivity contribution in [3.8, 4) is 0 Å². The monoisotopic (exact) mass is 563 g/mol. The van der Waals surface area contributed by atoms with Crippen molar-refractivity contribution in [1.82, 2.24) is 4.90 Å². The standard InChI is InChI=1S/C30H29NO5Se/c1-30(21-37-20-23-14-8-4-9-15-23)25(18-26(32)36-29(34)35-2)27(24-16-10-5-11-17-24)31(28(30)33)19-22-12-6-3-7-13-22/h3-17H,18-21H2,1-2H3. The van der Waals surface area contributed by atoms with Gasteiger partial charge < -0.3 is 0 Å². The molecule has 0 fully saturated rings. The molecule has 4 rings (SSSR count). The summed E-state index contributed by atoms with van der Waals surface area (Å²) in [5, 5.41) is 1.48. The molecule has 7 heteroatoms. The summed E-state index contributed by atoms with van der Waals surface area (Å²) in [5.41, 5.74) is 3.50. The van der Waals surface area contributed by atoms with Gasteiger partial charge in [0.2, 0.25) is 0 Å². The van der Waals surface area contributed by atoms with Crippen LogP contribution in [0.25, 0.3) is 5.70 Å². The van der Waals surface area contributed by atoms with Gasteiger partial charge in [0.1, 0.15) is 0 Å². The van der Waals surface area contributed by atoms with Crippen LogP contribution < -0.4 is 0 Å². The molecule has 3 aromatic rings. The molecule has 1 aliphatic heterocycles. The summed E-state index contributed by atoms with van der Waals surface area (Å²) >= 11 is 0.0911. The van der Waals surface area contributed by atoms with Crippen molar-refractivity contribution >= 4 is 38.7 Å². The number of hydrogen-bond acceptors (Lipinski definition) is 5. The number of amides is 1. The molecule has 1 atom stereocenters. The van der Waals surface area contributed by atoms with Crippen molar-refractivity contribution in [3.63, 3.8) is 0 Å². The van der Waals surface area contributed by atoms with Crippen LogP contribution in [0.5, 0.6) is 0 Å². The Kier molecular flexibility index (Phi) is 8.59. The SMILES string of the molecule is COC(=O)OC(=O)CC1=C(c2ccccc2)N(Cc2ccccc2)C(=O)C1(C)C[Se]Cc1ccccc1. The van der Waals surface area contributed by atoms with Gasteiger partial charge in [0.25, 0.3) is 0 Å². The number of esters is 1. The van der Waals surface area contributed by atoms with Crippen molar-refractivity contribution in [2.24, 2.45) is 5.41 Å². The molecule has 0 radical (unpaired) electrons. The molecule has 0 saturated heterocycles. The Hall–Kier alpha value is -3.67. The Morgan fingerprint density at radius 3 is 2.03 bits per heavy atom. The van der Waals surface area contributed by atoms with Gasteiger partial charge in [-0.25, -0.2) is 0 Å². The van der Waals surface area contributed by atoms with Crippen LogP contribution in [0, 0.1) is 5.41 Å². The molecule has 190 valence electrons. The Balaban J connectivity index is 1.74. The summed E-state index contributed by atoms with van der Waals surface area (Å²) in [5.74, 6) is -0.794. The van der Waals surface area contributed by atoms with Crippen LogP contribution in [0.2, 0.25) is 5.32 Å². The van der Waals surface area contributed by atoms with E-state index in [2.05, 4.69) is 16.9 Å². The van der Waals surface area contributed by atoms with Gasteiger partial charge in [0.15, 0.2) is 0 Å². The summed E-state index contributed by atoms with van der Waals surface area (Å²) in [6.07, 6.45) is -1.25. The molecule has 1 heterocycles. The van der Waals surface area contributed by atoms with E-state index in [1.807, 2.05) is 85.8 Å². The van der Waals surface area contributed by atoms with Gasteiger partial charge in [-0.05, 0) is 0 Å². The number of methoxy groups -OCH3 is 1. The third-order valence-corrected chi connectivity index (χ3v) is 9.12. The molecule has 6 nitrogen and oxygen atoms in total. The van der Waals surface area contributed by atoms with Gasteiger partial charge in [-0.3, -0.25) is 0 Å². The van der Waals surface area contributed by atoms with Gasteiger partial charge in [-0.1, -0.05) is 0 Å². The van der Waals surface area contributed by atoms with Crippen LogP contribution >= 0.6 is 0 Å². The zero-order valence-electron chi connectivity index (χ0n) is 20.9. The average Bonchev–Trinajstić information content (AvgIpc) is 3.11. The third-order valence-electron chi connectivity index (χ3n) is 6.36. The fourth-order valence-electron chi connectivity index (χ4n) is 4.49. The molecule has 1 aliphatic rings. The van der Waals surface area contributed by atoms with E-state index in [9.17, 15) is 14.4 Å². The van der Waals surface area contributed by atoms with E-state index in [-0.39, 0.29) is 27.3 Å². The van der Waals surface area contributed by atoms with Crippen molar-refractivity contribution < 1.29 is 23.9 Å². The van der Waals surface area contributed by atoms with Gasteiger partial charge in [0, 0.05) is 0 Å². The van der Waals surface area contributed by atoms with Crippen molar-refractivity contribution in [2.75, 3.05) is 7.11 Å². The van der Waals surface area contributed by atoms with E-state index < -0.39 is 17.5 Å². The van der Waals surface area contributed by atoms with Gasteiger partial charge in [0.05, 0.1) is 0 Å².